The standard InChI is InChI=1S/C33H30BrCl2N3O5S/c1-6-43-32(41)28-18(2)37-33-39(29(28)20-8-11-23(12-9-20)38(3)4)31(40)27(45-33)15-19-13-24(34)30(26(14-19)42-5)44-17-21-7-10-22(35)16-25(21)36/h7-16,29H,6,17H2,1-5H3/b27-15-/t29-/m0/s1. The van der Waals surface area contributed by atoms with Crippen LogP contribution >= 0.6 is 50.5 Å². The lowest BCUT2D eigenvalue weighted by Gasteiger charge is -2.25. The minimum Gasteiger partial charge on any atom is -0.493 e. The number of carbonyl (C=O) groups is 1. The lowest BCUT2D eigenvalue weighted by molar-refractivity contribution is -0.139. The number of rotatable bonds is 9. The van der Waals surface area contributed by atoms with Gasteiger partial charge in [0.25, 0.3) is 5.56 Å². The fourth-order valence-corrected chi connectivity index (χ4v) is 7.05. The molecule has 4 aromatic rings. The number of esters is 1. The van der Waals surface area contributed by atoms with Crippen LogP contribution in [0.1, 0.15) is 36.6 Å². The summed E-state index contributed by atoms with van der Waals surface area (Å²) in [7, 11) is 5.45. The second-order valence-electron chi connectivity index (χ2n) is 10.3. The van der Waals surface area contributed by atoms with Gasteiger partial charge in [-0.1, -0.05) is 52.7 Å². The SMILES string of the molecule is CCOC(=O)C1=C(C)N=c2s/c(=C\c3cc(Br)c(OCc4ccc(Cl)cc4Cl)c(OC)c3)c(=O)n2[C@H]1c1ccc(N(C)C)cc1. The molecule has 0 spiro atoms. The lowest BCUT2D eigenvalue weighted by Crippen LogP contribution is -2.39. The molecule has 0 fully saturated rings. The zero-order valence-corrected chi connectivity index (χ0v) is 29.1. The average Bonchev–Trinajstić information content (AvgIpc) is 3.30. The summed E-state index contributed by atoms with van der Waals surface area (Å²) in [4.78, 5) is 34.4. The predicted molar refractivity (Wildman–Crippen MR) is 183 cm³/mol. The van der Waals surface area contributed by atoms with E-state index in [1.807, 2.05) is 49.3 Å². The largest absolute Gasteiger partial charge is 0.493 e. The molecule has 0 radical (unpaired) electrons. The number of fused-ring (bicyclic) bond motifs is 1. The van der Waals surface area contributed by atoms with Crippen molar-refractivity contribution in [3.8, 4) is 11.5 Å². The summed E-state index contributed by atoms with van der Waals surface area (Å²) in [6.45, 7) is 3.91. The fraction of sp³-hybridized carbons (Fsp3) is 0.242. The van der Waals surface area contributed by atoms with Crippen molar-refractivity contribution in [2.45, 2.75) is 26.5 Å². The van der Waals surface area contributed by atoms with Crippen LogP contribution in [-0.2, 0) is 16.1 Å². The summed E-state index contributed by atoms with van der Waals surface area (Å²) < 4.78 is 19.8. The van der Waals surface area contributed by atoms with Gasteiger partial charge >= 0.3 is 5.97 Å². The first-order chi connectivity index (χ1) is 21.5. The van der Waals surface area contributed by atoms with Crippen molar-refractivity contribution in [1.82, 2.24) is 4.57 Å². The van der Waals surface area contributed by atoms with Gasteiger partial charge < -0.3 is 19.1 Å². The Morgan fingerprint density at radius 2 is 1.87 bits per heavy atom. The molecule has 0 bridgehead atoms. The lowest BCUT2D eigenvalue weighted by atomic mass is 9.95. The highest BCUT2D eigenvalue weighted by atomic mass is 79.9. The monoisotopic (exact) mass is 729 g/mol. The molecule has 45 heavy (non-hydrogen) atoms. The molecular weight excluding hydrogens is 701 g/mol. The van der Waals surface area contributed by atoms with E-state index in [9.17, 15) is 9.59 Å². The molecule has 2 heterocycles. The highest BCUT2D eigenvalue weighted by Crippen LogP contribution is 2.38. The molecule has 0 N–H and O–H groups in total. The van der Waals surface area contributed by atoms with Crippen molar-refractivity contribution >= 4 is 68.2 Å². The van der Waals surface area contributed by atoms with Gasteiger partial charge in [0.2, 0.25) is 0 Å². The minimum absolute atomic E-state index is 0.195. The van der Waals surface area contributed by atoms with E-state index < -0.39 is 12.0 Å². The number of methoxy groups -OCH3 is 1. The van der Waals surface area contributed by atoms with E-state index in [1.54, 1.807) is 55.9 Å². The zero-order chi connectivity index (χ0) is 32.4. The van der Waals surface area contributed by atoms with Crippen molar-refractivity contribution < 1.29 is 19.0 Å². The molecule has 1 aliphatic rings. The maximum Gasteiger partial charge on any atom is 0.338 e. The molecule has 8 nitrogen and oxygen atoms in total. The smallest absolute Gasteiger partial charge is 0.338 e. The summed E-state index contributed by atoms with van der Waals surface area (Å²) in [5.74, 6) is 0.449. The molecule has 12 heteroatoms. The zero-order valence-electron chi connectivity index (χ0n) is 25.2. The number of aromatic nitrogens is 1. The molecule has 0 unspecified atom stereocenters. The number of halogens is 3. The Labute approximate surface area is 282 Å². The number of benzene rings is 3. The van der Waals surface area contributed by atoms with Crippen molar-refractivity contribution in [3.63, 3.8) is 0 Å². The Hall–Kier alpha value is -3.57. The Kier molecular flexibility index (Phi) is 10.1. The summed E-state index contributed by atoms with van der Waals surface area (Å²) in [6, 6.07) is 15.9. The first kappa shape index (κ1) is 32.8. The molecule has 0 saturated carbocycles. The van der Waals surface area contributed by atoms with Gasteiger partial charge in [-0.2, -0.15) is 0 Å². The molecule has 3 aromatic carbocycles. The molecule has 1 aliphatic heterocycles. The summed E-state index contributed by atoms with van der Waals surface area (Å²) in [6.07, 6.45) is 1.77. The number of allylic oxidation sites excluding steroid dienone is 1. The third kappa shape index (κ3) is 6.84. The van der Waals surface area contributed by atoms with E-state index in [-0.39, 0.29) is 18.8 Å². The van der Waals surface area contributed by atoms with Crippen molar-refractivity contribution in [1.29, 1.82) is 0 Å². The number of anilines is 1. The van der Waals surface area contributed by atoms with Crippen LogP contribution < -0.4 is 29.3 Å². The molecule has 1 aromatic heterocycles. The van der Waals surface area contributed by atoms with Crippen LogP contribution in [0, 0.1) is 0 Å². The van der Waals surface area contributed by atoms with Crippen LogP contribution in [0.2, 0.25) is 10.0 Å². The first-order valence-electron chi connectivity index (χ1n) is 13.9. The van der Waals surface area contributed by atoms with Gasteiger partial charge in [-0.3, -0.25) is 9.36 Å². The normalized spacial score (nSPS) is 14.6. The highest BCUT2D eigenvalue weighted by Gasteiger charge is 2.33. The van der Waals surface area contributed by atoms with Gasteiger partial charge in [-0.15, -0.1) is 0 Å². The summed E-state index contributed by atoms with van der Waals surface area (Å²) in [5.41, 5.74) is 3.81. The van der Waals surface area contributed by atoms with Gasteiger partial charge in [0.05, 0.1) is 40.0 Å². The maximum absolute atomic E-state index is 14.0. The number of ether oxygens (including phenoxy) is 3. The van der Waals surface area contributed by atoms with Crippen LogP contribution in [0.3, 0.4) is 0 Å². The van der Waals surface area contributed by atoms with E-state index in [4.69, 9.17) is 37.4 Å². The number of carbonyl (C=O) groups excluding carboxylic acids is 1. The fourth-order valence-electron chi connectivity index (χ4n) is 4.96. The molecule has 5 rings (SSSR count). The summed E-state index contributed by atoms with van der Waals surface area (Å²) >= 11 is 17.2. The number of hydrogen-bond acceptors (Lipinski definition) is 8. The first-order valence-corrected chi connectivity index (χ1v) is 16.3. The third-order valence-corrected chi connectivity index (χ3v) is 9.34. The van der Waals surface area contributed by atoms with Crippen LogP contribution in [0.5, 0.6) is 11.5 Å². The second-order valence-corrected chi connectivity index (χ2v) is 13.1. The van der Waals surface area contributed by atoms with Crippen LogP contribution in [0.25, 0.3) is 6.08 Å². The molecule has 0 saturated heterocycles. The van der Waals surface area contributed by atoms with E-state index >= 15 is 0 Å². The average molecular weight is 731 g/mol. The maximum atomic E-state index is 14.0. The van der Waals surface area contributed by atoms with Crippen molar-refractivity contribution in [2.24, 2.45) is 4.99 Å². The Morgan fingerprint density at radius 3 is 2.51 bits per heavy atom. The second kappa shape index (κ2) is 13.8. The van der Waals surface area contributed by atoms with Crippen LogP contribution in [0.4, 0.5) is 5.69 Å². The van der Waals surface area contributed by atoms with Crippen LogP contribution in [-0.4, -0.2) is 38.3 Å². The van der Waals surface area contributed by atoms with Gasteiger partial charge in [0.1, 0.15) is 6.61 Å². The van der Waals surface area contributed by atoms with Crippen LogP contribution in [0.15, 0.2) is 80.1 Å². The molecule has 1 atom stereocenters. The molecule has 0 aliphatic carbocycles. The Balaban J connectivity index is 1.57. The van der Waals surface area contributed by atoms with Gasteiger partial charge in [-0.05, 0) is 83.4 Å². The van der Waals surface area contributed by atoms with Gasteiger partial charge in [0.15, 0.2) is 16.3 Å². The van der Waals surface area contributed by atoms with Gasteiger partial charge in [-0.25, -0.2) is 9.79 Å². The highest BCUT2D eigenvalue weighted by molar-refractivity contribution is 9.10. The van der Waals surface area contributed by atoms with Crippen molar-refractivity contribution in [3.05, 3.63) is 117 Å². The van der Waals surface area contributed by atoms with Gasteiger partial charge in [0, 0.05) is 35.4 Å². The van der Waals surface area contributed by atoms with E-state index in [0.717, 1.165) is 16.8 Å². The van der Waals surface area contributed by atoms with Crippen molar-refractivity contribution in [2.75, 3.05) is 32.7 Å². The topological polar surface area (TPSA) is 82.4 Å². The minimum atomic E-state index is -0.699. The number of hydrogen-bond donors (Lipinski definition) is 0. The molecular formula is C33H30BrCl2N3O5S. The van der Waals surface area contributed by atoms with E-state index in [2.05, 4.69) is 20.9 Å². The predicted octanol–water partition coefficient (Wildman–Crippen LogP) is 6.52. The number of thiazole rings is 1. The molecule has 0 amide bonds. The quantitative estimate of drug-likeness (QED) is 0.183. The third-order valence-electron chi connectivity index (χ3n) is 7.18. The Bertz CT molecular complexity index is 1990. The summed E-state index contributed by atoms with van der Waals surface area (Å²) in [5, 5.41) is 1.04. The van der Waals surface area contributed by atoms with E-state index in [0.29, 0.717) is 52.2 Å². The number of nitrogens with zero attached hydrogens (tertiary/aromatic N) is 3. The molecule has 234 valence electrons. The Morgan fingerprint density at radius 1 is 1.13 bits per heavy atom. The van der Waals surface area contributed by atoms with E-state index in [1.165, 1.54) is 11.3 Å².